The van der Waals surface area contributed by atoms with Gasteiger partial charge < -0.3 is 5.32 Å². The highest BCUT2D eigenvalue weighted by atomic mass is 32.2. The van der Waals surface area contributed by atoms with Crippen molar-refractivity contribution in [2.75, 3.05) is 33.7 Å². The number of hydrogen-bond donors (Lipinski definition) is 2. The minimum Gasteiger partial charge on any atom is -0.320 e. The second kappa shape index (κ2) is 11.5. The molecule has 0 saturated heterocycles. The highest BCUT2D eigenvalue weighted by Gasteiger charge is 2.15. The summed E-state index contributed by atoms with van der Waals surface area (Å²) in [5, 5.41) is 3.01. The molecule has 0 aromatic carbocycles. The minimum atomic E-state index is -3.29. The molecule has 0 spiro atoms. The lowest BCUT2D eigenvalue weighted by Gasteiger charge is -2.17. The van der Waals surface area contributed by atoms with E-state index in [0.717, 1.165) is 31.7 Å². The molecule has 0 aliphatic rings. The smallest absolute Gasteiger partial charge is 0.279 e. The maximum Gasteiger partial charge on any atom is 0.279 e. The average molecular weight is 308 g/mol. The maximum atomic E-state index is 11.9. The molecule has 20 heavy (non-hydrogen) atoms. The van der Waals surface area contributed by atoms with Crippen molar-refractivity contribution in [3.05, 3.63) is 0 Å². The van der Waals surface area contributed by atoms with E-state index >= 15 is 0 Å². The SMILES string of the molecule is CNCCCN(C)S(=O)(=O)NCCCCCCC(C)C. The summed E-state index contributed by atoms with van der Waals surface area (Å²) >= 11 is 0. The van der Waals surface area contributed by atoms with E-state index in [2.05, 4.69) is 23.9 Å². The normalized spacial score (nSPS) is 12.5. The lowest BCUT2D eigenvalue weighted by Crippen LogP contribution is -2.39. The zero-order chi connectivity index (χ0) is 15.4. The molecule has 0 unspecified atom stereocenters. The fraction of sp³-hybridized carbons (Fsp3) is 1.00. The van der Waals surface area contributed by atoms with Crippen LogP contribution in [0.4, 0.5) is 0 Å². The summed E-state index contributed by atoms with van der Waals surface area (Å²) in [4.78, 5) is 0. The predicted molar refractivity (Wildman–Crippen MR) is 86.0 cm³/mol. The third-order valence-corrected chi connectivity index (χ3v) is 4.87. The van der Waals surface area contributed by atoms with Crippen molar-refractivity contribution in [3.63, 3.8) is 0 Å². The Bertz CT molecular complexity index is 318. The van der Waals surface area contributed by atoms with E-state index in [1.165, 1.54) is 23.6 Å². The van der Waals surface area contributed by atoms with Crippen LogP contribution in [0.25, 0.3) is 0 Å². The van der Waals surface area contributed by atoms with Gasteiger partial charge in [-0.05, 0) is 32.4 Å². The first-order chi connectivity index (χ1) is 9.40. The molecule has 2 N–H and O–H groups in total. The number of nitrogens with zero attached hydrogens (tertiary/aromatic N) is 1. The van der Waals surface area contributed by atoms with Gasteiger partial charge in [0, 0.05) is 20.1 Å². The summed E-state index contributed by atoms with van der Waals surface area (Å²) < 4.78 is 27.8. The third kappa shape index (κ3) is 10.6. The van der Waals surface area contributed by atoms with Gasteiger partial charge in [0.15, 0.2) is 0 Å². The molecular formula is C14H33N3O2S. The van der Waals surface area contributed by atoms with Gasteiger partial charge in [-0.3, -0.25) is 0 Å². The Hall–Kier alpha value is -0.170. The topological polar surface area (TPSA) is 61.4 Å². The molecule has 0 bridgehead atoms. The zero-order valence-electron chi connectivity index (χ0n) is 13.6. The van der Waals surface area contributed by atoms with Gasteiger partial charge in [0.25, 0.3) is 10.2 Å². The minimum absolute atomic E-state index is 0.542. The van der Waals surface area contributed by atoms with Crippen LogP contribution in [0.1, 0.15) is 52.4 Å². The molecule has 6 heteroatoms. The van der Waals surface area contributed by atoms with E-state index in [9.17, 15) is 8.42 Å². The monoisotopic (exact) mass is 307 g/mol. The van der Waals surface area contributed by atoms with E-state index in [-0.39, 0.29) is 0 Å². The molecule has 0 heterocycles. The van der Waals surface area contributed by atoms with Crippen LogP contribution < -0.4 is 10.0 Å². The van der Waals surface area contributed by atoms with Gasteiger partial charge in [-0.1, -0.05) is 39.5 Å². The molecule has 0 aromatic rings. The second-order valence-electron chi connectivity index (χ2n) is 5.77. The maximum absolute atomic E-state index is 11.9. The quantitative estimate of drug-likeness (QED) is 0.511. The highest BCUT2D eigenvalue weighted by Crippen LogP contribution is 2.09. The van der Waals surface area contributed by atoms with Gasteiger partial charge in [0.2, 0.25) is 0 Å². The largest absolute Gasteiger partial charge is 0.320 e. The van der Waals surface area contributed by atoms with Crippen LogP contribution in [0.2, 0.25) is 0 Å². The van der Waals surface area contributed by atoms with E-state index in [1.807, 2.05) is 7.05 Å². The fourth-order valence-corrected chi connectivity index (χ4v) is 2.93. The number of nitrogens with one attached hydrogen (secondary N) is 2. The van der Waals surface area contributed by atoms with Gasteiger partial charge >= 0.3 is 0 Å². The molecule has 0 atom stereocenters. The first-order valence-electron chi connectivity index (χ1n) is 7.75. The van der Waals surface area contributed by atoms with Gasteiger partial charge in [-0.25, -0.2) is 4.72 Å². The molecule has 122 valence electrons. The molecule has 0 radical (unpaired) electrons. The van der Waals surface area contributed by atoms with Crippen molar-refractivity contribution in [1.29, 1.82) is 0 Å². The van der Waals surface area contributed by atoms with E-state index in [0.29, 0.717) is 13.1 Å². The van der Waals surface area contributed by atoms with Gasteiger partial charge in [-0.15, -0.1) is 0 Å². The van der Waals surface area contributed by atoms with Crippen LogP contribution in [0.15, 0.2) is 0 Å². The Labute approximate surface area is 125 Å². The van der Waals surface area contributed by atoms with Crippen LogP contribution in [0, 0.1) is 5.92 Å². The zero-order valence-corrected chi connectivity index (χ0v) is 14.4. The molecule has 0 saturated carbocycles. The Balaban J connectivity index is 3.66. The summed E-state index contributed by atoms with van der Waals surface area (Å²) in [6.07, 6.45) is 6.54. The summed E-state index contributed by atoms with van der Waals surface area (Å²) in [7, 11) is 0.201. The van der Waals surface area contributed by atoms with Crippen molar-refractivity contribution >= 4 is 10.2 Å². The second-order valence-corrected chi connectivity index (χ2v) is 7.64. The Morgan fingerprint density at radius 3 is 2.25 bits per heavy atom. The van der Waals surface area contributed by atoms with Crippen molar-refractivity contribution in [3.8, 4) is 0 Å². The van der Waals surface area contributed by atoms with Crippen molar-refractivity contribution in [1.82, 2.24) is 14.3 Å². The van der Waals surface area contributed by atoms with Crippen molar-refractivity contribution in [2.45, 2.75) is 52.4 Å². The van der Waals surface area contributed by atoms with Gasteiger partial charge in [-0.2, -0.15) is 12.7 Å². The third-order valence-electron chi connectivity index (χ3n) is 3.30. The summed E-state index contributed by atoms with van der Waals surface area (Å²) in [6, 6.07) is 0. The molecule has 0 aromatic heterocycles. The fourth-order valence-electron chi connectivity index (χ4n) is 1.94. The van der Waals surface area contributed by atoms with Crippen LogP contribution in [-0.4, -0.2) is 46.5 Å². The Kier molecular flexibility index (Phi) is 11.4. The molecular weight excluding hydrogens is 274 g/mol. The molecule has 5 nitrogen and oxygen atoms in total. The van der Waals surface area contributed by atoms with E-state index < -0.39 is 10.2 Å². The molecule has 0 aliphatic carbocycles. The van der Waals surface area contributed by atoms with E-state index in [4.69, 9.17) is 0 Å². The number of hydrogen-bond acceptors (Lipinski definition) is 3. The Morgan fingerprint density at radius 2 is 1.65 bits per heavy atom. The first-order valence-corrected chi connectivity index (χ1v) is 9.19. The van der Waals surface area contributed by atoms with Crippen LogP contribution in [0.3, 0.4) is 0 Å². The van der Waals surface area contributed by atoms with Crippen molar-refractivity contribution in [2.24, 2.45) is 5.92 Å². The first kappa shape index (κ1) is 19.8. The predicted octanol–water partition coefficient (Wildman–Crippen LogP) is 1.97. The number of rotatable bonds is 13. The highest BCUT2D eigenvalue weighted by molar-refractivity contribution is 7.87. The molecule has 0 rings (SSSR count). The Morgan fingerprint density at radius 1 is 1.00 bits per heavy atom. The summed E-state index contributed by atoms with van der Waals surface area (Å²) in [5.41, 5.74) is 0. The van der Waals surface area contributed by atoms with E-state index in [1.54, 1.807) is 7.05 Å². The summed E-state index contributed by atoms with van der Waals surface area (Å²) in [5.74, 6) is 0.764. The summed E-state index contributed by atoms with van der Waals surface area (Å²) in [6.45, 7) is 6.39. The van der Waals surface area contributed by atoms with Gasteiger partial charge in [0.1, 0.15) is 0 Å². The van der Waals surface area contributed by atoms with Crippen LogP contribution >= 0.6 is 0 Å². The molecule has 0 amide bonds. The van der Waals surface area contributed by atoms with Crippen LogP contribution in [0.5, 0.6) is 0 Å². The average Bonchev–Trinajstić information content (AvgIpc) is 2.37. The number of unbranched alkanes of at least 4 members (excludes halogenated alkanes) is 3. The van der Waals surface area contributed by atoms with Gasteiger partial charge in [0.05, 0.1) is 0 Å². The standard InChI is InChI=1S/C14H33N3O2S/c1-14(2)10-7-5-6-8-12-16-20(18,19)17(4)13-9-11-15-3/h14-16H,5-13H2,1-4H3. The lowest BCUT2D eigenvalue weighted by molar-refractivity contribution is 0.446. The van der Waals surface area contributed by atoms with Crippen molar-refractivity contribution < 1.29 is 8.42 Å². The molecule has 0 fully saturated rings. The van der Waals surface area contributed by atoms with Crippen LogP contribution in [-0.2, 0) is 10.2 Å². The lowest BCUT2D eigenvalue weighted by atomic mass is 10.0. The molecule has 0 aliphatic heterocycles.